The molecule has 1 saturated heterocycles. The quantitative estimate of drug-likeness (QED) is 0.841. The molecule has 0 aromatic heterocycles. The summed E-state index contributed by atoms with van der Waals surface area (Å²) in [5, 5.41) is 0. The molecule has 0 aromatic rings. The highest BCUT2D eigenvalue weighted by molar-refractivity contribution is 5.77. The maximum atomic E-state index is 12.4. The number of piperidine rings is 1. The van der Waals surface area contributed by atoms with Gasteiger partial charge in [-0.2, -0.15) is 0 Å². The second-order valence-corrected chi connectivity index (χ2v) is 6.98. The van der Waals surface area contributed by atoms with Crippen LogP contribution in [0.25, 0.3) is 0 Å². The molecule has 1 aliphatic rings. The van der Waals surface area contributed by atoms with Gasteiger partial charge in [-0.1, -0.05) is 34.6 Å². The van der Waals surface area contributed by atoms with Crippen molar-refractivity contribution in [1.29, 1.82) is 0 Å². The molecule has 106 valence electrons. The van der Waals surface area contributed by atoms with Crippen molar-refractivity contribution in [1.82, 2.24) is 4.90 Å². The van der Waals surface area contributed by atoms with Crippen molar-refractivity contribution in [3.63, 3.8) is 0 Å². The molecule has 1 amide bonds. The topological polar surface area (TPSA) is 46.3 Å². The van der Waals surface area contributed by atoms with Crippen LogP contribution in [0.3, 0.4) is 0 Å². The molecule has 0 spiro atoms. The van der Waals surface area contributed by atoms with Crippen molar-refractivity contribution in [2.24, 2.45) is 23.0 Å². The van der Waals surface area contributed by atoms with Gasteiger partial charge in [0.05, 0.1) is 0 Å². The van der Waals surface area contributed by atoms with Gasteiger partial charge >= 0.3 is 0 Å². The zero-order chi connectivity index (χ0) is 13.9. The summed E-state index contributed by atoms with van der Waals surface area (Å²) in [6, 6.07) is 0.249. The van der Waals surface area contributed by atoms with Gasteiger partial charge in [-0.25, -0.2) is 0 Å². The van der Waals surface area contributed by atoms with E-state index in [1.165, 1.54) is 6.42 Å². The minimum Gasteiger partial charge on any atom is -0.338 e. The van der Waals surface area contributed by atoms with Crippen molar-refractivity contribution in [2.45, 2.75) is 59.9 Å². The van der Waals surface area contributed by atoms with Crippen LogP contribution in [0.2, 0.25) is 0 Å². The summed E-state index contributed by atoms with van der Waals surface area (Å²) in [5.74, 6) is 1.23. The minimum atomic E-state index is 0.190. The van der Waals surface area contributed by atoms with Gasteiger partial charge in [-0.05, 0) is 30.1 Å². The summed E-state index contributed by atoms with van der Waals surface area (Å²) >= 11 is 0. The molecule has 1 aliphatic heterocycles. The van der Waals surface area contributed by atoms with E-state index >= 15 is 0 Å². The van der Waals surface area contributed by atoms with Crippen LogP contribution in [0.5, 0.6) is 0 Å². The van der Waals surface area contributed by atoms with Gasteiger partial charge in [-0.15, -0.1) is 0 Å². The van der Waals surface area contributed by atoms with Crippen molar-refractivity contribution < 1.29 is 4.79 Å². The van der Waals surface area contributed by atoms with Gasteiger partial charge in [0.1, 0.15) is 0 Å². The molecule has 3 nitrogen and oxygen atoms in total. The standard InChI is InChI=1S/C15H30N2O/c1-11-7-6-8-17(13(11)10-16)14(18)9-12(2)15(3,4)5/h11-13H,6-10,16H2,1-5H3. The first kappa shape index (κ1) is 15.5. The van der Waals surface area contributed by atoms with Gasteiger partial charge < -0.3 is 10.6 Å². The molecule has 3 atom stereocenters. The van der Waals surface area contributed by atoms with E-state index < -0.39 is 0 Å². The molecule has 1 fully saturated rings. The molecule has 0 radical (unpaired) electrons. The Balaban J connectivity index is 2.65. The molecule has 3 unspecified atom stereocenters. The Hall–Kier alpha value is -0.570. The number of carbonyl (C=O) groups excluding carboxylic acids is 1. The van der Waals surface area contributed by atoms with Gasteiger partial charge in [-0.3, -0.25) is 4.79 Å². The maximum absolute atomic E-state index is 12.4. The van der Waals surface area contributed by atoms with Gasteiger partial charge in [0.25, 0.3) is 0 Å². The predicted octanol–water partition coefficient (Wildman–Crippen LogP) is 2.64. The molecule has 18 heavy (non-hydrogen) atoms. The highest BCUT2D eigenvalue weighted by atomic mass is 16.2. The van der Waals surface area contributed by atoms with Crippen LogP contribution in [-0.2, 0) is 4.79 Å². The zero-order valence-corrected chi connectivity index (χ0v) is 12.7. The molecule has 2 N–H and O–H groups in total. The molecule has 0 bridgehead atoms. The van der Waals surface area contributed by atoms with E-state index in [9.17, 15) is 4.79 Å². The summed E-state index contributed by atoms with van der Waals surface area (Å²) in [6.45, 7) is 12.5. The number of hydrogen-bond donors (Lipinski definition) is 1. The van der Waals surface area contributed by atoms with Crippen molar-refractivity contribution >= 4 is 5.91 Å². The lowest BCUT2D eigenvalue weighted by Crippen LogP contribution is -2.51. The molecule has 0 aromatic carbocycles. The number of amides is 1. The van der Waals surface area contributed by atoms with Crippen LogP contribution >= 0.6 is 0 Å². The molecule has 1 rings (SSSR count). The van der Waals surface area contributed by atoms with Crippen molar-refractivity contribution in [3.8, 4) is 0 Å². The van der Waals surface area contributed by atoms with Crippen LogP contribution in [0, 0.1) is 17.3 Å². The van der Waals surface area contributed by atoms with E-state index in [1.54, 1.807) is 0 Å². The van der Waals surface area contributed by atoms with E-state index in [-0.39, 0.29) is 11.5 Å². The fourth-order valence-corrected chi connectivity index (χ4v) is 2.60. The Bertz CT molecular complexity index is 283. The minimum absolute atomic E-state index is 0.190. The summed E-state index contributed by atoms with van der Waals surface area (Å²) < 4.78 is 0. The third kappa shape index (κ3) is 3.71. The first-order valence-corrected chi connectivity index (χ1v) is 7.27. The molecule has 0 saturated carbocycles. The second kappa shape index (κ2) is 6.05. The average Bonchev–Trinajstić information content (AvgIpc) is 2.27. The normalized spacial score (nSPS) is 27.1. The third-order valence-corrected chi connectivity index (χ3v) is 4.64. The number of carbonyl (C=O) groups is 1. The van der Waals surface area contributed by atoms with E-state index in [4.69, 9.17) is 5.73 Å². The second-order valence-electron chi connectivity index (χ2n) is 6.98. The van der Waals surface area contributed by atoms with E-state index in [2.05, 4.69) is 34.6 Å². The number of nitrogens with zero attached hydrogens (tertiary/aromatic N) is 1. The van der Waals surface area contributed by atoms with Gasteiger partial charge in [0, 0.05) is 25.6 Å². The SMILES string of the molecule is CC1CCCN(C(=O)CC(C)C(C)(C)C)C1CN. The number of likely N-dealkylation sites (tertiary alicyclic amines) is 1. The number of rotatable bonds is 3. The highest BCUT2D eigenvalue weighted by Gasteiger charge is 2.32. The Morgan fingerprint density at radius 3 is 2.56 bits per heavy atom. The average molecular weight is 254 g/mol. The fourth-order valence-electron chi connectivity index (χ4n) is 2.60. The summed E-state index contributed by atoms with van der Waals surface area (Å²) in [6.07, 6.45) is 2.96. The van der Waals surface area contributed by atoms with Crippen molar-refractivity contribution in [2.75, 3.05) is 13.1 Å². The highest BCUT2D eigenvalue weighted by Crippen LogP contribution is 2.30. The Kier molecular flexibility index (Phi) is 5.20. The van der Waals surface area contributed by atoms with Crippen LogP contribution < -0.4 is 5.73 Å². The van der Waals surface area contributed by atoms with Gasteiger partial charge in [0.2, 0.25) is 5.91 Å². The maximum Gasteiger partial charge on any atom is 0.223 e. The molecule has 0 aliphatic carbocycles. The van der Waals surface area contributed by atoms with Crippen LogP contribution in [0.4, 0.5) is 0 Å². The Morgan fingerprint density at radius 1 is 1.44 bits per heavy atom. The summed E-state index contributed by atoms with van der Waals surface area (Å²) in [4.78, 5) is 14.5. The Morgan fingerprint density at radius 2 is 2.06 bits per heavy atom. The lowest BCUT2D eigenvalue weighted by atomic mass is 9.79. The van der Waals surface area contributed by atoms with Gasteiger partial charge in [0.15, 0.2) is 0 Å². The lowest BCUT2D eigenvalue weighted by molar-refractivity contribution is -0.137. The third-order valence-electron chi connectivity index (χ3n) is 4.64. The Labute approximate surface area is 112 Å². The molecular formula is C15H30N2O. The van der Waals surface area contributed by atoms with E-state index in [0.29, 0.717) is 30.7 Å². The zero-order valence-electron chi connectivity index (χ0n) is 12.7. The molecule has 1 heterocycles. The molecule has 3 heteroatoms. The predicted molar refractivity (Wildman–Crippen MR) is 76.2 cm³/mol. The summed E-state index contributed by atoms with van der Waals surface area (Å²) in [5.41, 5.74) is 6.03. The smallest absolute Gasteiger partial charge is 0.223 e. The van der Waals surface area contributed by atoms with Crippen LogP contribution in [0.15, 0.2) is 0 Å². The lowest BCUT2D eigenvalue weighted by Gasteiger charge is -2.40. The summed E-state index contributed by atoms with van der Waals surface area (Å²) in [7, 11) is 0. The monoisotopic (exact) mass is 254 g/mol. The number of nitrogens with two attached hydrogens (primary N) is 1. The fraction of sp³-hybridized carbons (Fsp3) is 0.933. The van der Waals surface area contributed by atoms with Crippen molar-refractivity contribution in [3.05, 3.63) is 0 Å². The first-order chi connectivity index (χ1) is 8.27. The van der Waals surface area contributed by atoms with Crippen LogP contribution in [0.1, 0.15) is 53.9 Å². The number of hydrogen-bond acceptors (Lipinski definition) is 2. The van der Waals surface area contributed by atoms with E-state index in [1.807, 2.05) is 4.90 Å². The first-order valence-electron chi connectivity index (χ1n) is 7.27. The molecular weight excluding hydrogens is 224 g/mol. The van der Waals surface area contributed by atoms with Crippen LogP contribution in [-0.4, -0.2) is 29.9 Å². The van der Waals surface area contributed by atoms with E-state index in [0.717, 1.165) is 13.0 Å². The largest absolute Gasteiger partial charge is 0.338 e.